The van der Waals surface area contributed by atoms with E-state index in [2.05, 4.69) is 253 Å². The fraction of sp³-hybridized carbons (Fsp3) is 0.120. The molecule has 13 aromatic rings. The molecule has 0 bridgehead atoms. The third-order valence-corrected chi connectivity index (χ3v) is 15.5. The van der Waals surface area contributed by atoms with Gasteiger partial charge in [0.15, 0.2) is 0 Å². The minimum Gasteiger partial charge on any atom is -0.458 e. The SMILES string of the molecule is [2H]C([2H])(c1cccc2c1-c1cccc(-c3cc(-c4ccccc4)cc(-c4ccccc4)c3)c1-[n+]1[c-]n(-c3cccc(Oc4ccc5c6ccccc6n(-c6cc(C(C)(C)C)ccn6)c5c4)c3)c3cccc(c31)-c1ccccc1-2)C(C)(C)C. The molecule has 0 unspecified atom stereocenters. The maximum Gasteiger partial charge on any atom is 0.269 e. The van der Waals surface area contributed by atoms with Crippen molar-refractivity contribution in [2.75, 3.05) is 0 Å². The van der Waals surface area contributed by atoms with Crippen LogP contribution >= 0.6 is 0 Å². The number of hydrogen-bond donors (Lipinski definition) is 0. The van der Waals surface area contributed by atoms with E-state index >= 15 is 0 Å². The Morgan fingerprint density at radius 2 is 1.06 bits per heavy atom. The number of ether oxygens (including phenoxy) is 1. The highest BCUT2D eigenvalue weighted by molar-refractivity contribution is 6.09. The highest BCUT2D eigenvalue weighted by Gasteiger charge is 2.29. The van der Waals surface area contributed by atoms with Crippen molar-refractivity contribution in [3.8, 4) is 95.5 Å². The van der Waals surface area contributed by atoms with Gasteiger partial charge in [-0.3, -0.25) is 13.7 Å². The summed E-state index contributed by atoms with van der Waals surface area (Å²) < 4.78 is 33.7. The highest BCUT2D eigenvalue weighted by atomic mass is 16.5. The molecule has 10 aromatic carbocycles. The molecule has 0 N–H and O–H groups in total. The summed E-state index contributed by atoms with van der Waals surface area (Å²) in [6, 6.07) is 83.4. The van der Waals surface area contributed by atoms with E-state index in [0.717, 1.165) is 117 Å². The molecule has 1 aliphatic heterocycles. The zero-order chi connectivity index (χ0) is 56.1. The van der Waals surface area contributed by atoms with Crippen LogP contribution in [0.3, 0.4) is 0 Å². The maximum absolute atomic E-state index is 10.1. The van der Waals surface area contributed by atoms with Gasteiger partial charge in [0.1, 0.15) is 17.3 Å². The van der Waals surface area contributed by atoms with E-state index in [-0.39, 0.29) is 5.41 Å². The third-order valence-electron chi connectivity index (χ3n) is 15.5. The summed E-state index contributed by atoms with van der Waals surface area (Å²) in [6.07, 6.45) is 4.16. The predicted octanol–water partition coefficient (Wildman–Crippen LogP) is 19.2. The quantitative estimate of drug-likeness (QED) is 0.112. The number of aromatic nitrogens is 4. The summed E-state index contributed by atoms with van der Waals surface area (Å²) in [4.78, 5) is 4.93. The van der Waals surface area contributed by atoms with E-state index < -0.39 is 11.8 Å². The van der Waals surface area contributed by atoms with Crippen LogP contribution < -0.4 is 9.30 Å². The zero-order valence-corrected chi connectivity index (χ0v) is 45.8. The number of para-hydroxylation sites is 3. The molecule has 5 nitrogen and oxygen atoms in total. The lowest BCUT2D eigenvalue weighted by atomic mass is 9.80. The molecule has 3 aromatic heterocycles. The van der Waals surface area contributed by atoms with E-state index in [1.54, 1.807) is 0 Å². The van der Waals surface area contributed by atoms with Crippen LogP contribution in [0.5, 0.6) is 11.5 Å². The maximum atomic E-state index is 10.1. The van der Waals surface area contributed by atoms with E-state index in [0.29, 0.717) is 17.1 Å². The summed E-state index contributed by atoms with van der Waals surface area (Å²) in [7, 11) is 0. The molecule has 0 amide bonds. The first-order valence-electron chi connectivity index (χ1n) is 28.6. The molecule has 386 valence electrons. The third kappa shape index (κ3) is 8.58. The van der Waals surface area contributed by atoms with E-state index in [1.807, 2.05) is 51.2 Å². The van der Waals surface area contributed by atoms with Crippen molar-refractivity contribution in [1.29, 1.82) is 0 Å². The minimum atomic E-state index is -1.75. The lowest BCUT2D eigenvalue weighted by molar-refractivity contribution is -0.570. The van der Waals surface area contributed by atoms with Gasteiger partial charge in [0.25, 0.3) is 6.33 Å². The van der Waals surface area contributed by atoms with Crippen molar-refractivity contribution in [2.24, 2.45) is 5.41 Å². The Kier molecular flexibility index (Phi) is 11.1. The average molecular weight is 1040 g/mol. The number of benzene rings is 10. The highest BCUT2D eigenvalue weighted by Crippen LogP contribution is 2.48. The number of nitrogens with zero attached hydrogens (tertiary/aromatic N) is 4. The summed E-state index contributed by atoms with van der Waals surface area (Å²) >= 11 is 0. The molecule has 0 aliphatic carbocycles. The average Bonchev–Trinajstić information content (AvgIpc) is 3.45. The van der Waals surface area contributed by atoms with Crippen LogP contribution in [0, 0.1) is 11.7 Å². The first-order valence-corrected chi connectivity index (χ1v) is 27.6. The Bertz CT molecular complexity index is 4600. The molecule has 14 rings (SSSR count). The van der Waals surface area contributed by atoms with Crippen LogP contribution in [0.25, 0.3) is 117 Å². The van der Waals surface area contributed by atoms with Crippen LogP contribution in [0.2, 0.25) is 0 Å². The Morgan fingerprint density at radius 1 is 0.475 bits per heavy atom. The Hall–Kier alpha value is -9.58. The summed E-state index contributed by atoms with van der Waals surface area (Å²) in [5.41, 5.74) is 19.0. The molecule has 0 atom stereocenters. The van der Waals surface area contributed by atoms with Crippen LogP contribution in [-0.4, -0.2) is 14.1 Å². The number of imidazole rings is 1. The van der Waals surface area contributed by atoms with Crippen molar-refractivity contribution in [2.45, 2.75) is 53.3 Å². The molecular weight excluding hydrogens is 973 g/mol. The van der Waals surface area contributed by atoms with Gasteiger partial charge in [0.05, 0.1) is 33.4 Å². The first kappa shape index (κ1) is 46.5. The van der Waals surface area contributed by atoms with Gasteiger partial charge in [0, 0.05) is 25.8 Å². The lowest BCUT2D eigenvalue weighted by Crippen LogP contribution is -2.32. The van der Waals surface area contributed by atoms with Crippen LogP contribution in [0.4, 0.5) is 0 Å². The number of fused-ring (bicyclic) bond motifs is 10. The van der Waals surface area contributed by atoms with Crippen molar-refractivity contribution < 1.29 is 12.0 Å². The second-order valence-corrected chi connectivity index (χ2v) is 23.1. The van der Waals surface area contributed by atoms with Gasteiger partial charge >= 0.3 is 0 Å². The zero-order valence-electron chi connectivity index (χ0n) is 47.8. The fourth-order valence-electron chi connectivity index (χ4n) is 11.9. The van der Waals surface area contributed by atoms with Gasteiger partial charge in [-0.1, -0.05) is 205 Å². The molecule has 4 heterocycles. The van der Waals surface area contributed by atoms with Crippen molar-refractivity contribution in [3.05, 3.63) is 260 Å². The molecule has 0 saturated carbocycles. The second-order valence-electron chi connectivity index (χ2n) is 23.1. The van der Waals surface area contributed by atoms with Gasteiger partial charge in [0.2, 0.25) is 0 Å². The summed E-state index contributed by atoms with van der Waals surface area (Å²) in [5, 5.41) is 2.27. The van der Waals surface area contributed by atoms with Gasteiger partial charge in [-0.05, 0) is 162 Å². The fourth-order valence-corrected chi connectivity index (χ4v) is 11.9. The second kappa shape index (κ2) is 19.1. The van der Waals surface area contributed by atoms with Gasteiger partial charge in [-0.15, -0.1) is 0 Å². The predicted molar refractivity (Wildman–Crippen MR) is 330 cm³/mol. The lowest BCUT2D eigenvalue weighted by Gasteiger charge is -2.25. The Labute approximate surface area is 471 Å². The molecule has 1 aliphatic rings. The van der Waals surface area contributed by atoms with Crippen LogP contribution in [0.1, 0.15) is 55.4 Å². The normalized spacial score (nSPS) is 12.7. The van der Waals surface area contributed by atoms with Gasteiger partial charge in [-0.25, -0.2) is 4.98 Å². The van der Waals surface area contributed by atoms with E-state index in [4.69, 9.17) is 9.72 Å². The Balaban J connectivity index is 1.01. The minimum absolute atomic E-state index is 0.0513. The molecular formula is C75H60N4O. The standard InChI is InChI=1S/C75H60N4O/c1-74(2,3)47-51-25-17-32-64-60-28-13-14-29-61(60)65-33-20-36-68-73(65)78(72-59(31-19-34-66(72)71(51)64)54-42-52(49-21-9-7-10-22-49)41-53(43-54)50-23-11-8-12-24-50)48-77(68)56-26-18-27-57(45-56)80-58-37-38-63-62-30-15-16-35-67(62)79(69(63)46-58)70-44-55(39-40-76-70)75(4,5)6/h7-46H,47H2,1-6H3/i47D2. The summed E-state index contributed by atoms with van der Waals surface area (Å²) in [5.74, 6) is 2.24. The number of pyridine rings is 1. The van der Waals surface area contributed by atoms with Crippen molar-refractivity contribution in [1.82, 2.24) is 14.1 Å². The van der Waals surface area contributed by atoms with E-state index in [9.17, 15) is 2.74 Å². The van der Waals surface area contributed by atoms with Crippen LogP contribution in [0.15, 0.2) is 243 Å². The van der Waals surface area contributed by atoms with Gasteiger partial charge in [-0.2, -0.15) is 0 Å². The number of hydrogen-bond acceptors (Lipinski definition) is 2. The first-order chi connectivity index (χ1) is 39.7. The Morgan fingerprint density at radius 3 is 1.81 bits per heavy atom. The number of rotatable bonds is 8. The van der Waals surface area contributed by atoms with E-state index in [1.165, 1.54) is 5.56 Å². The molecule has 0 radical (unpaired) electrons. The molecule has 80 heavy (non-hydrogen) atoms. The smallest absolute Gasteiger partial charge is 0.269 e. The summed E-state index contributed by atoms with van der Waals surface area (Å²) in [6.45, 7) is 12.7. The van der Waals surface area contributed by atoms with Crippen molar-refractivity contribution in [3.63, 3.8) is 0 Å². The monoisotopic (exact) mass is 1030 g/mol. The van der Waals surface area contributed by atoms with Crippen molar-refractivity contribution >= 4 is 32.8 Å². The molecule has 0 saturated heterocycles. The molecule has 0 fully saturated rings. The molecule has 5 heteroatoms. The largest absolute Gasteiger partial charge is 0.458 e. The topological polar surface area (TPSA) is 35.9 Å². The van der Waals surface area contributed by atoms with Crippen LogP contribution in [-0.2, 0) is 11.8 Å². The molecule has 0 spiro atoms. The van der Waals surface area contributed by atoms with Gasteiger partial charge < -0.3 is 4.74 Å².